The Morgan fingerprint density at radius 3 is 2.47 bits per heavy atom. The molecule has 4 heteroatoms. The Kier molecular flexibility index (Phi) is 6.12. The van der Waals surface area contributed by atoms with Gasteiger partial charge >= 0.3 is 0 Å². The molecule has 19 heavy (non-hydrogen) atoms. The largest absolute Gasteiger partial charge is 0.493 e. The monoisotopic (exact) mass is 267 g/mol. The summed E-state index contributed by atoms with van der Waals surface area (Å²) in [5.74, 6) is 1.54. The van der Waals surface area contributed by atoms with Crippen LogP contribution >= 0.6 is 0 Å². The van der Waals surface area contributed by atoms with E-state index >= 15 is 0 Å². The Morgan fingerprint density at radius 2 is 1.89 bits per heavy atom. The smallest absolute Gasteiger partial charge is 0.161 e. The average Bonchev–Trinajstić information content (AvgIpc) is 2.39. The molecule has 0 unspecified atom stereocenters. The van der Waals surface area contributed by atoms with Crippen LogP contribution in [0.15, 0.2) is 18.2 Å². The van der Waals surface area contributed by atoms with Gasteiger partial charge < -0.3 is 19.5 Å². The maximum Gasteiger partial charge on any atom is 0.161 e. The molecule has 0 bridgehead atoms. The fraction of sp³-hybridized carbons (Fsp3) is 0.600. The van der Waals surface area contributed by atoms with Crippen molar-refractivity contribution in [1.82, 2.24) is 5.32 Å². The van der Waals surface area contributed by atoms with Crippen molar-refractivity contribution >= 4 is 0 Å². The van der Waals surface area contributed by atoms with Crippen LogP contribution in [0.2, 0.25) is 0 Å². The summed E-state index contributed by atoms with van der Waals surface area (Å²) in [7, 11) is 5.29. The van der Waals surface area contributed by atoms with Crippen molar-refractivity contribution in [2.75, 3.05) is 27.9 Å². The van der Waals surface area contributed by atoms with Crippen molar-refractivity contribution in [3.05, 3.63) is 23.8 Å². The molecule has 1 aromatic carbocycles. The molecule has 0 aliphatic heterocycles. The second-order valence-electron chi connectivity index (χ2n) is 5.08. The fourth-order valence-corrected chi connectivity index (χ4v) is 1.66. The highest BCUT2D eigenvalue weighted by Gasteiger charge is 2.16. The summed E-state index contributed by atoms with van der Waals surface area (Å²) in [6, 6.07) is 5.97. The summed E-state index contributed by atoms with van der Waals surface area (Å²) < 4.78 is 16.5. The summed E-state index contributed by atoms with van der Waals surface area (Å²) in [5.41, 5.74) is 1.000. The normalized spacial score (nSPS) is 11.4. The number of ether oxygens (including phenoxy) is 3. The molecular weight excluding hydrogens is 242 g/mol. The van der Waals surface area contributed by atoms with Crippen molar-refractivity contribution in [1.29, 1.82) is 0 Å². The Bertz CT molecular complexity index is 391. The summed E-state index contributed by atoms with van der Waals surface area (Å²) in [4.78, 5) is 0. The Balaban J connectivity index is 2.67. The number of benzene rings is 1. The predicted octanol–water partition coefficient (Wildman–Crippen LogP) is 2.61. The molecule has 0 aliphatic rings. The van der Waals surface area contributed by atoms with E-state index in [9.17, 15) is 0 Å². The zero-order valence-corrected chi connectivity index (χ0v) is 12.6. The summed E-state index contributed by atoms with van der Waals surface area (Å²) >= 11 is 0. The quantitative estimate of drug-likeness (QED) is 0.786. The highest BCUT2D eigenvalue weighted by molar-refractivity contribution is 5.42. The molecule has 0 atom stereocenters. The first kappa shape index (κ1) is 15.8. The minimum absolute atomic E-state index is 0.171. The van der Waals surface area contributed by atoms with E-state index in [0.29, 0.717) is 6.61 Å². The van der Waals surface area contributed by atoms with Crippen LogP contribution in [0.1, 0.15) is 25.8 Å². The van der Waals surface area contributed by atoms with Gasteiger partial charge in [-0.05, 0) is 38.6 Å². The van der Waals surface area contributed by atoms with Crippen LogP contribution in [0.4, 0.5) is 0 Å². The molecule has 0 amide bonds. The van der Waals surface area contributed by atoms with Gasteiger partial charge in [0.15, 0.2) is 11.5 Å². The number of hydrogen-bond donors (Lipinski definition) is 1. The number of nitrogens with one attached hydrogen (secondary N) is 1. The molecule has 0 heterocycles. The minimum Gasteiger partial charge on any atom is -0.493 e. The lowest BCUT2D eigenvalue weighted by Gasteiger charge is -2.23. The molecule has 0 saturated carbocycles. The van der Waals surface area contributed by atoms with E-state index in [1.807, 2.05) is 39.1 Å². The van der Waals surface area contributed by atoms with Gasteiger partial charge in [0, 0.05) is 20.1 Å². The van der Waals surface area contributed by atoms with Crippen LogP contribution in [-0.2, 0) is 11.3 Å². The van der Waals surface area contributed by atoms with Crippen molar-refractivity contribution in [2.24, 2.45) is 0 Å². The molecule has 1 aromatic rings. The van der Waals surface area contributed by atoms with Gasteiger partial charge in [0.05, 0.1) is 19.3 Å². The van der Waals surface area contributed by atoms with Gasteiger partial charge in [-0.3, -0.25) is 0 Å². The maximum absolute atomic E-state index is 5.82. The highest BCUT2D eigenvalue weighted by atomic mass is 16.5. The molecule has 108 valence electrons. The Morgan fingerprint density at radius 1 is 1.16 bits per heavy atom. The van der Waals surface area contributed by atoms with E-state index in [0.717, 1.165) is 24.5 Å². The third-order valence-corrected chi connectivity index (χ3v) is 3.12. The zero-order valence-electron chi connectivity index (χ0n) is 12.6. The van der Waals surface area contributed by atoms with E-state index in [2.05, 4.69) is 5.32 Å². The third kappa shape index (κ3) is 5.09. The van der Waals surface area contributed by atoms with Gasteiger partial charge in [-0.2, -0.15) is 0 Å². The molecule has 0 aliphatic carbocycles. The van der Waals surface area contributed by atoms with Crippen LogP contribution in [0.5, 0.6) is 11.5 Å². The highest BCUT2D eigenvalue weighted by Crippen LogP contribution is 2.28. The first-order valence-electron chi connectivity index (χ1n) is 6.52. The number of hydrogen-bond acceptors (Lipinski definition) is 4. The lowest BCUT2D eigenvalue weighted by molar-refractivity contribution is 0.00525. The molecule has 0 saturated heterocycles. The molecule has 1 rings (SSSR count). The molecule has 0 fully saturated rings. The second kappa shape index (κ2) is 7.36. The van der Waals surface area contributed by atoms with E-state index < -0.39 is 0 Å². The van der Waals surface area contributed by atoms with Gasteiger partial charge in [0.2, 0.25) is 0 Å². The van der Waals surface area contributed by atoms with Crippen molar-refractivity contribution in [3.8, 4) is 11.5 Å². The maximum atomic E-state index is 5.82. The molecule has 1 N–H and O–H groups in total. The molecule has 0 radical (unpaired) electrons. The van der Waals surface area contributed by atoms with Gasteiger partial charge in [-0.1, -0.05) is 6.07 Å². The van der Waals surface area contributed by atoms with E-state index in [1.165, 1.54) is 5.56 Å². The number of methoxy groups -OCH3 is 2. The molecule has 0 spiro atoms. The summed E-state index contributed by atoms with van der Waals surface area (Å²) in [6.07, 6.45) is 0.822. The number of rotatable bonds is 8. The Hall–Kier alpha value is -1.26. The second-order valence-corrected chi connectivity index (χ2v) is 5.08. The lowest BCUT2D eigenvalue weighted by atomic mass is 10.1. The van der Waals surface area contributed by atoms with Gasteiger partial charge in [-0.15, -0.1) is 0 Å². The zero-order chi connectivity index (χ0) is 14.3. The molecular formula is C15H25NO3. The predicted molar refractivity (Wildman–Crippen MR) is 77.0 cm³/mol. The first-order chi connectivity index (χ1) is 9.02. The van der Waals surface area contributed by atoms with Gasteiger partial charge in [0.25, 0.3) is 0 Å². The molecule has 4 nitrogen and oxygen atoms in total. The topological polar surface area (TPSA) is 39.7 Å². The van der Waals surface area contributed by atoms with E-state index in [-0.39, 0.29) is 5.60 Å². The van der Waals surface area contributed by atoms with Crippen molar-refractivity contribution in [3.63, 3.8) is 0 Å². The van der Waals surface area contributed by atoms with E-state index in [1.54, 1.807) is 14.2 Å². The van der Waals surface area contributed by atoms with Crippen molar-refractivity contribution < 1.29 is 14.2 Å². The van der Waals surface area contributed by atoms with Crippen LogP contribution in [0, 0.1) is 0 Å². The SMILES string of the molecule is CNCc1ccc(OC)c(OCCC(C)(C)OC)c1. The Labute approximate surface area is 116 Å². The van der Waals surface area contributed by atoms with Crippen LogP contribution < -0.4 is 14.8 Å². The third-order valence-electron chi connectivity index (χ3n) is 3.12. The standard InChI is InChI=1S/C15H25NO3/c1-15(2,18-5)8-9-19-14-10-12(11-16-3)6-7-13(14)17-4/h6-7,10,16H,8-9,11H2,1-5H3. The van der Waals surface area contributed by atoms with Crippen LogP contribution in [0.3, 0.4) is 0 Å². The van der Waals surface area contributed by atoms with Crippen molar-refractivity contribution in [2.45, 2.75) is 32.4 Å². The average molecular weight is 267 g/mol. The first-order valence-corrected chi connectivity index (χ1v) is 6.52. The summed E-state index contributed by atoms with van der Waals surface area (Å²) in [5, 5.41) is 3.12. The fourth-order valence-electron chi connectivity index (χ4n) is 1.66. The minimum atomic E-state index is -0.171. The van der Waals surface area contributed by atoms with E-state index in [4.69, 9.17) is 14.2 Å². The van der Waals surface area contributed by atoms with Gasteiger partial charge in [-0.25, -0.2) is 0 Å². The van der Waals surface area contributed by atoms with Gasteiger partial charge in [0.1, 0.15) is 0 Å². The lowest BCUT2D eigenvalue weighted by Crippen LogP contribution is -2.25. The molecule has 0 aromatic heterocycles. The summed E-state index contributed by atoms with van der Waals surface area (Å²) in [6.45, 7) is 5.50. The van der Waals surface area contributed by atoms with Crippen LogP contribution in [0.25, 0.3) is 0 Å². The van der Waals surface area contributed by atoms with Crippen LogP contribution in [-0.4, -0.2) is 33.5 Å².